The Kier molecular flexibility index (Phi) is 3.05. The highest BCUT2D eigenvalue weighted by molar-refractivity contribution is 6.28. The first-order valence-electron chi connectivity index (χ1n) is 6.06. The van der Waals surface area contributed by atoms with Crippen LogP contribution in [0.2, 0.25) is 5.28 Å². The number of piperidine rings is 1. The number of hydrogen-bond acceptors (Lipinski definition) is 5. The van der Waals surface area contributed by atoms with E-state index in [-0.39, 0.29) is 5.28 Å². The van der Waals surface area contributed by atoms with Gasteiger partial charge in [0.1, 0.15) is 5.82 Å². The van der Waals surface area contributed by atoms with Gasteiger partial charge in [0, 0.05) is 13.1 Å². The number of fused-ring (bicyclic) bond motifs is 1. The summed E-state index contributed by atoms with van der Waals surface area (Å²) in [5, 5.41) is 12.2. The fourth-order valence-electron chi connectivity index (χ4n) is 2.27. The average molecular weight is 267 g/mol. The van der Waals surface area contributed by atoms with Crippen LogP contribution in [0.5, 0.6) is 0 Å². The molecule has 2 N–H and O–H groups in total. The van der Waals surface area contributed by atoms with Crippen LogP contribution in [0.15, 0.2) is 6.20 Å². The minimum atomic E-state index is 0.252. The maximum Gasteiger partial charge on any atom is 0.226 e. The smallest absolute Gasteiger partial charge is 0.226 e. The fraction of sp³-hybridized carbons (Fsp3) is 0.545. The molecule has 0 aromatic carbocycles. The highest BCUT2D eigenvalue weighted by Gasteiger charge is 2.16. The molecule has 3 heterocycles. The molecule has 1 fully saturated rings. The normalized spacial score (nSPS) is 17.2. The van der Waals surface area contributed by atoms with Crippen molar-refractivity contribution in [3.05, 3.63) is 11.5 Å². The molecular weight excluding hydrogens is 252 g/mol. The van der Waals surface area contributed by atoms with E-state index >= 15 is 0 Å². The summed E-state index contributed by atoms with van der Waals surface area (Å²) in [6.07, 6.45) is 3.95. The first-order valence-corrected chi connectivity index (χ1v) is 6.44. The number of aromatic nitrogens is 4. The van der Waals surface area contributed by atoms with E-state index in [2.05, 4.69) is 25.7 Å². The van der Waals surface area contributed by atoms with Crippen LogP contribution in [0.1, 0.15) is 12.8 Å². The van der Waals surface area contributed by atoms with Gasteiger partial charge in [0.2, 0.25) is 5.28 Å². The molecular formula is C11H15ClN6. The minimum Gasteiger partial charge on any atom is -0.366 e. The molecule has 0 atom stereocenters. The van der Waals surface area contributed by atoms with Crippen molar-refractivity contribution in [3.63, 3.8) is 0 Å². The second-order valence-electron chi connectivity index (χ2n) is 4.52. The zero-order chi connectivity index (χ0) is 12.5. The lowest BCUT2D eigenvalue weighted by Gasteiger charge is -2.24. The van der Waals surface area contributed by atoms with E-state index in [9.17, 15) is 0 Å². The lowest BCUT2D eigenvalue weighted by atomic mass is 10.1. The van der Waals surface area contributed by atoms with Crippen LogP contribution >= 0.6 is 11.6 Å². The Balaban J connectivity index is 1.94. The Bertz CT molecular complexity index is 560. The van der Waals surface area contributed by atoms with Crippen molar-refractivity contribution in [2.24, 2.45) is 7.05 Å². The molecule has 0 aliphatic carbocycles. The van der Waals surface area contributed by atoms with Gasteiger partial charge in [0.25, 0.3) is 0 Å². The van der Waals surface area contributed by atoms with Crippen molar-refractivity contribution >= 4 is 28.5 Å². The zero-order valence-corrected chi connectivity index (χ0v) is 10.9. The Hall–Kier alpha value is -1.40. The standard InChI is InChI=1S/C11H15ClN6/c1-18-10-8(6-14-18)9(16-11(12)17-10)15-7-2-4-13-5-3-7/h6-7,13H,2-5H2,1H3,(H,15,16,17). The second-order valence-corrected chi connectivity index (χ2v) is 4.85. The van der Waals surface area contributed by atoms with E-state index < -0.39 is 0 Å². The summed E-state index contributed by atoms with van der Waals surface area (Å²) < 4.78 is 1.70. The van der Waals surface area contributed by atoms with Crippen molar-refractivity contribution in [2.75, 3.05) is 18.4 Å². The molecule has 96 valence electrons. The monoisotopic (exact) mass is 266 g/mol. The molecule has 3 rings (SSSR count). The van der Waals surface area contributed by atoms with Crippen molar-refractivity contribution in [2.45, 2.75) is 18.9 Å². The third-order valence-corrected chi connectivity index (χ3v) is 3.41. The van der Waals surface area contributed by atoms with E-state index in [1.165, 1.54) is 0 Å². The lowest BCUT2D eigenvalue weighted by molar-refractivity contribution is 0.478. The van der Waals surface area contributed by atoms with Crippen LogP contribution in [0, 0.1) is 0 Å². The molecule has 0 saturated carbocycles. The van der Waals surface area contributed by atoms with Gasteiger partial charge in [0.05, 0.1) is 11.6 Å². The summed E-state index contributed by atoms with van der Waals surface area (Å²) in [5.41, 5.74) is 0.756. The van der Waals surface area contributed by atoms with Crippen molar-refractivity contribution in [1.82, 2.24) is 25.1 Å². The number of aryl methyl sites for hydroxylation is 1. The molecule has 0 spiro atoms. The maximum absolute atomic E-state index is 5.95. The van der Waals surface area contributed by atoms with E-state index in [0.717, 1.165) is 42.8 Å². The van der Waals surface area contributed by atoms with Gasteiger partial charge in [-0.25, -0.2) is 0 Å². The van der Waals surface area contributed by atoms with Gasteiger partial charge >= 0.3 is 0 Å². The molecule has 0 bridgehead atoms. The molecule has 1 aliphatic rings. The van der Waals surface area contributed by atoms with E-state index in [0.29, 0.717) is 6.04 Å². The molecule has 7 heteroatoms. The van der Waals surface area contributed by atoms with Crippen LogP contribution in [0.3, 0.4) is 0 Å². The van der Waals surface area contributed by atoms with Gasteiger partial charge in [0.15, 0.2) is 5.65 Å². The molecule has 1 saturated heterocycles. The largest absolute Gasteiger partial charge is 0.366 e. The molecule has 1 aliphatic heterocycles. The van der Waals surface area contributed by atoms with E-state index in [1.54, 1.807) is 10.9 Å². The summed E-state index contributed by atoms with van der Waals surface area (Å²) in [7, 11) is 1.85. The summed E-state index contributed by atoms with van der Waals surface area (Å²) in [6.45, 7) is 2.07. The van der Waals surface area contributed by atoms with Gasteiger partial charge in [-0.05, 0) is 37.5 Å². The third-order valence-electron chi connectivity index (χ3n) is 3.24. The molecule has 0 radical (unpaired) electrons. The summed E-state index contributed by atoms with van der Waals surface area (Å²) in [5.74, 6) is 0.782. The van der Waals surface area contributed by atoms with Crippen molar-refractivity contribution < 1.29 is 0 Å². The fourth-order valence-corrected chi connectivity index (χ4v) is 2.43. The van der Waals surface area contributed by atoms with E-state index in [1.807, 2.05) is 7.05 Å². The van der Waals surface area contributed by atoms with E-state index in [4.69, 9.17) is 11.6 Å². The van der Waals surface area contributed by atoms with Crippen LogP contribution in [-0.4, -0.2) is 38.9 Å². The van der Waals surface area contributed by atoms with Crippen LogP contribution < -0.4 is 10.6 Å². The highest BCUT2D eigenvalue weighted by atomic mass is 35.5. The molecule has 0 amide bonds. The number of rotatable bonds is 2. The van der Waals surface area contributed by atoms with Crippen LogP contribution in [0.4, 0.5) is 5.82 Å². The van der Waals surface area contributed by atoms with Crippen LogP contribution in [-0.2, 0) is 7.05 Å². The topological polar surface area (TPSA) is 67.7 Å². The van der Waals surface area contributed by atoms with Gasteiger partial charge in [-0.1, -0.05) is 0 Å². The number of hydrogen-bond donors (Lipinski definition) is 2. The van der Waals surface area contributed by atoms with Gasteiger partial charge < -0.3 is 10.6 Å². The Morgan fingerprint density at radius 2 is 2.17 bits per heavy atom. The Labute approximate surface area is 110 Å². The lowest BCUT2D eigenvalue weighted by Crippen LogP contribution is -2.35. The highest BCUT2D eigenvalue weighted by Crippen LogP contribution is 2.23. The van der Waals surface area contributed by atoms with Crippen LogP contribution in [0.25, 0.3) is 11.0 Å². The molecule has 2 aromatic heterocycles. The first-order chi connectivity index (χ1) is 8.74. The second kappa shape index (κ2) is 4.70. The Morgan fingerprint density at radius 1 is 1.39 bits per heavy atom. The quantitative estimate of drug-likeness (QED) is 0.799. The average Bonchev–Trinajstić information content (AvgIpc) is 2.73. The molecule has 18 heavy (non-hydrogen) atoms. The zero-order valence-electron chi connectivity index (χ0n) is 10.1. The van der Waals surface area contributed by atoms with Gasteiger partial charge in [-0.15, -0.1) is 0 Å². The van der Waals surface area contributed by atoms with Crippen molar-refractivity contribution in [3.8, 4) is 0 Å². The molecule has 0 unspecified atom stereocenters. The SMILES string of the molecule is Cn1ncc2c(NC3CCNCC3)nc(Cl)nc21. The predicted molar refractivity (Wildman–Crippen MR) is 70.8 cm³/mol. The maximum atomic E-state index is 5.95. The molecule has 2 aromatic rings. The van der Waals surface area contributed by atoms with Gasteiger partial charge in [-0.2, -0.15) is 15.1 Å². The summed E-state index contributed by atoms with van der Waals surface area (Å²) >= 11 is 5.95. The van der Waals surface area contributed by atoms with Crippen molar-refractivity contribution in [1.29, 1.82) is 0 Å². The Morgan fingerprint density at radius 3 is 2.94 bits per heavy atom. The summed E-state index contributed by atoms with van der Waals surface area (Å²) in [6, 6.07) is 0.431. The van der Waals surface area contributed by atoms with Gasteiger partial charge in [-0.3, -0.25) is 4.68 Å². The minimum absolute atomic E-state index is 0.252. The predicted octanol–water partition coefficient (Wildman–Crippen LogP) is 1.18. The third kappa shape index (κ3) is 2.13. The number of nitrogens with zero attached hydrogens (tertiary/aromatic N) is 4. The molecule has 6 nitrogen and oxygen atoms in total. The number of halogens is 1. The number of nitrogens with one attached hydrogen (secondary N) is 2. The number of anilines is 1. The first kappa shape index (κ1) is 11.7. The summed E-state index contributed by atoms with van der Waals surface area (Å²) in [4.78, 5) is 8.47.